The van der Waals surface area contributed by atoms with E-state index in [1.165, 1.54) is 0 Å². The summed E-state index contributed by atoms with van der Waals surface area (Å²) in [5.41, 5.74) is 0. The van der Waals surface area contributed by atoms with Crippen molar-refractivity contribution in [1.29, 1.82) is 0 Å². The summed E-state index contributed by atoms with van der Waals surface area (Å²) in [7, 11) is 0. The maximum Gasteiger partial charge on any atom is 0.128 e. The van der Waals surface area contributed by atoms with Gasteiger partial charge >= 0.3 is 0 Å². The SMILES string of the molecule is [2H]c1ccnc(N2CCNCC2)c1. The van der Waals surface area contributed by atoms with Crippen molar-refractivity contribution in [3.63, 3.8) is 0 Å². The summed E-state index contributed by atoms with van der Waals surface area (Å²) >= 11 is 0. The van der Waals surface area contributed by atoms with Crippen LogP contribution in [0.4, 0.5) is 5.82 Å². The van der Waals surface area contributed by atoms with Crippen LogP contribution in [-0.2, 0) is 0 Å². The van der Waals surface area contributed by atoms with Gasteiger partial charge in [0.1, 0.15) is 5.82 Å². The van der Waals surface area contributed by atoms with Gasteiger partial charge in [-0.3, -0.25) is 0 Å². The number of hydrogen-bond acceptors (Lipinski definition) is 3. The Labute approximate surface area is 73.8 Å². The molecule has 1 fully saturated rings. The smallest absolute Gasteiger partial charge is 0.128 e. The molecule has 1 aromatic heterocycles. The van der Waals surface area contributed by atoms with Crippen molar-refractivity contribution < 1.29 is 1.37 Å². The average molecular weight is 164 g/mol. The lowest BCUT2D eigenvalue weighted by Crippen LogP contribution is -2.43. The minimum atomic E-state index is 0.531. The highest BCUT2D eigenvalue weighted by molar-refractivity contribution is 5.38. The van der Waals surface area contributed by atoms with Crippen molar-refractivity contribution >= 4 is 5.82 Å². The molecule has 64 valence electrons. The number of pyridine rings is 1. The molecule has 1 aromatic rings. The third-order valence-electron chi connectivity index (χ3n) is 2.03. The normalized spacial score (nSPS) is 19.0. The van der Waals surface area contributed by atoms with Crippen LogP contribution in [0, 0.1) is 0 Å². The summed E-state index contributed by atoms with van der Waals surface area (Å²) in [4.78, 5) is 6.44. The Kier molecular flexibility index (Phi) is 1.90. The summed E-state index contributed by atoms with van der Waals surface area (Å²) < 4.78 is 7.47. The van der Waals surface area contributed by atoms with E-state index in [0.717, 1.165) is 32.0 Å². The number of piperazine rings is 1. The van der Waals surface area contributed by atoms with Gasteiger partial charge in [-0.05, 0) is 12.1 Å². The lowest BCUT2D eigenvalue weighted by Gasteiger charge is -2.28. The Bertz CT molecular complexity index is 284. The number of anilines is 1. The van der Waals surface area contributed by atoms with Crippen molar-refractivity contribution in [3.05, 3.63) is 24.4 Å². The predicted octanol–water partition coefficient (Wildman–Crippen LogP) is 0.491. The molecule has 3 heteroatoms. The monoisotopic (exact) mass is 164 g/mol. The zero-order valence-electron chi connectivity index (χ0n) is 7.95. The maximum absolute atomic E-state index is 7.47. The van der Waals surface area contributed by atoms with Gasteiger partial charge in [0, 0.05) is 32.4 Å². The van der Waals surface area contributed by atoms with Crippen molar-refractivity contribution in [1.82, 2.24) is 10.3 Å². The molecule has 0 amide bonds. The summed E-state index contributed by atoms with van der Waals surface area (Å²) in [5.74, 6) is 0.925. The summed E-state index contributed by atoms with van der Waals surface area (Å²) in [6.45, 7) is 3.97. The van der Waals surface area contributed by atoms with Crippen LogP contribution < -0.4 is 10.2 Å². The average Bonchev–Trinajstić information content (AvgIpc) is 2.19. The van der Waals surface area contributed by atoms with Gasteiger partial charge in [-0.1, -0.05) is 6.04 Å². The molecule has 0 spiro atoms. The highest BCUT2D eigenvalue weighted by Crippen LogP contribution is 2.08. The van der Waals surface area contributed by atoms with E-state index in [9.17, 15) is 0 Å². The molecule has 0 radical (unpaired) electrons. The first-order chi connectivity index (χ1) is 6.36. The van der Waals surface area contributed by atoms with E-state index >= 15 is 0 Å². The first-order valence-corrected chi connectivity index (χ1v) is 4.24. The van der Waals surface area contributed by atoms with Crippen LogP contribution >= 0.6 is 0 Å². The van der Waals surface area contributed by atoms with Gasteiger partial charge < -0.3 is 10.2 Å². The van der Waals surface area contributed by atoms with E-state index in [1.807, 2.05) is 6.07 Å². The van der Waals surface area contributed by atoms with E-state index in [2.05, 4.69) is 15.2 Å². The topological polar surface area (TPSA) is 28.2 Å². The van der Waals surface area contributed by atoms with E-state index in [0.29, 0.717) is 6.04 Å². The quantitative estimate of drug-likeness (QED) is 0.655. The summed E-state index contributed by atoms with van der Waals surface area (Å²) in [6.07, 6.45) is 1.69. The molecule has 0 aliphatic carbocycles. The van der Waals surface area contributed by atoms with Crippen molar-refractivity contribution in [3.8, 4) is 0 Å². The number of aromatic nitrogens is 1. The van der Waals surface area contributed by atoms with Crippen molar-refractivity contribution in [2.45, 2.75) is 0 Å². The molecule has 2 heterocycles. The molecule has 0 atom stereocenters. The Morgan fingerprint density at radius 2 is 2.33 bits per heavy atom. The second-order valence-corrected chi connectivity index (χ2v) is 2.85. The molecular weight excluding hydrogens is 150 g/mol. The largest absolute Gasteiger partial charge is 0.354 e. The fourth-order valence-corrected chi connectivity index (χ4v) is 1.38. The lowest BCUT2D eigenvalue weighted by molar-refractivity contribution is 0.585. The zero-order valence-corrected chi connectivity index (χ0v) is 6.95. The third kappa shape index (κ3) is 1.56. The molecule has 12 heavy (non-hydrogen) atoms. The molecule has 2 rings (SSSR count). The maximum atomic E-state index is 7.47. The first-order valence-electron chi connectivity index (χ1n) is 4.74. The van der Waals surface area contributed by atoms with Crippen LogP contribution in [0.5, 0.6) is 0 Å². The lowest BCUT2D eigenvalue weighted by atomic mass is 10.3. The molecule has 1 N–H and O–H groups in total. The van der Waals surface area contributed by atoms with Gasteiger partial charge in [-0.25, -0.2) is 4.98 Å². The van der Waals surface area contributed by atoms with E-state index in [4.69, 9.17) is 1.37 Å². The molecule has 1 aliphatic heterocycles. The van der Waals surface area contributed by atoms with Crippen LogP contribution in [0.15, 0.2) is 24.4 Å². The van der Waals surface area contributed by atoms with Crippen LogP contribution in [0.2, 0.25) is 0 Å². The van der Waals surface area contributed by atoms with Crippen LogP contribution in [-0.4, -0.2) is 31.2 Å². The second-order valence-electron chi connectivity index (χ2n) is 2.85. The van der Waals surface area contributed by atoms with Gasteiger partial charge in [0.2, 0.25) is 0 Å². The first kappa shape index (κ1) is 6.43. The molecule has 1 saturated heterocycles. The molecular formula is C9H13N3. The number of nitrogens with one attached hydrogen (secondary N) is 1. The number of hydrogen-bond donors (Lipinski definition) is 1. The Morgan fingerprint density at radius 1 is 1.50 bits per heavy atom. The zero-order chi connectivity index (χ0) is 9.10. The van der Waals surface area contributed by atoms with Gasteiger partial charge in [-0.15, -0.1) is 0 Å². The molecule has 0 bridgehead atoms. The fraction of sp³-hybridized carbons (Fsp3) is 0.444. The van der Waals surface area contributed by atoms with Crippen molar-refractivity contribution in [2.24, 2.45) is 0 Å². The number of nitrogens with zero attached hydrogens (tertiary/aromatic N) is 2. The van der Waals surface area contributed by atoms with E-state index in [-0.39, 0.29) is 0 Å². The van der Waals surface area contributed by atoms with Crippen LogP contribution in [0.3, 0.4) is 0 Å². The van der Waals surface area contributed by atoms with Crippen molar-refractivity contribution in [2.75, 3.05) is 31.1 Å². The minimum Gasteiger partial charge on any atom is -0.354 e. The Hall–Kier alpha value is -1.09. The molecule has 3 nitrogen and oxygen atoms in total. The highest BCUT2D eigenvalue weighted by atomic mass is 15.2. The van der Waals surface area contributed by atoms with Gasteiger partial charge in [0.15, 0.2) is 0 Å². The predicted molar refractivity (Wildman–Crippen MR) is 49.3 cm³/mol. The molecule has 0 aromatic carbocycles. The van der Waals surface area contributed by atoms with Gasteiger partial charge in [0.05, 0.1) is 1.37 Å². The molecule has 1 aliphatic rings. The van der Waals surface area contributed by atoms with Gasteiger partial charge in [0.25, 0.3) is 0 Å². The van der Waals surface area contributed by atoms with Crippen LogP contribution in [0.25, 0.3) is 0 Å². The third-order valence-corrected chi connectivity index (χ3v) is 2.03. The summed E-state index contributed by atoms with van der Waals surface area (Å²) in [6, 6.07) is 4.04. The second kappa shape index (κ2) is 3.54. The van der Waals surface area contributed by atoms with Gasteiger partial charge in [-0.2, -0.15) is 0 Å². The Balaban J connectivity index is 2.14. The summed E-state index contributed by atoms with van der Waals surface area (Å²) in [5, 5.41) is 3.28. The number of rotatable bonds is 1. The molecule has 0 unspecified atom stereocenters. The fourth-order valence-electron chi connectivity index (χ4n) is 1.38. The highest BCUT2D eigenvalue weighted by Gasteiger charge is 2.09. The van der Waals surface area contributed by atoms with E-state index < -0.39 is 0 Å². The molecule has 0 saturated carbocycles. The minimum absolute atomic E-state index is 0.531. The van der Waals surface area contributed by atoms with Crippen LogP contribution in [0.1, 0.15) is 1.37 Å². The Morgan fingerprint density at radius 3 is 3.08 bits per heavy atom. The van der Waals surface area contributed by atoms with E-state index in [1.54, 1.807) is 12.3 Å². The standard InChI is InChI=1S/C9H13N3/c1-2-4-11-9(3-1)12-7-5-10-6-8-12/h1-4,10H,5-8H2/i1D.